The van der Waals surface area contributed by atoms with Crippen LogP contribution in [-0.4, -0.2) is 41.9 Å². The molecule has 40 heavy (non-hydrogen) atoms. The lowest BCUT2D eigenvalue weighted by Crippen LogP contribution is -2.47. The number of hydrogen-bond donors (Lipinski definition) is 3. The monoisotopic (exact) mass is 587 g/mol. The highest BCUT2D eigenvalue weighted by molar-refractivity contribution is 7.85. The van der Waals surface area contributed by atoms with Gasteiger partial charge in [-0.05, 0) is 32.1 Å². The predicted molar refractivity (Wildman–Crippen MR) is 170 cm³/mol. The molecule has 1 amide bonds. The number of carbonyl (C=O) groups is 1. The summed E-state index contributed by atoms with van der Waals surface area (Å²) in [6.07, 6.45) is 31.5. The van der Waals surface area contributed by atoms with Crippen LogP contribution in [0, 0.1) is 0 Å². The molecule has 2 unspecified atom stereocenters. The third-order valence-electron chi connectivity index (χ3n) is 7.72. The number of aliphatic hydroxyl groups is 1. The van der Waals surface area contributed by atoms with E-state index in [0.717, 1.165) is 57.8 Å². The second-order valence-electron chi connectivity index (χ2n) is 11.8. The van der Waals surface area contributed by atoms with Crippen molar-refractivity contribution in [2.75, 3.05) is 5.75 Å². The van der Waals surface area contributed by atoms with Crippen molar-refractivity contribution in [1.29, 1.82) is 0 Å². The lowest BCUT2D eigenvalue weighted by atomic mass is 10.0. The first-order chi connectivity index (χ1) is 19.3. The van der Waals surface area contributed by atoms with Crippen molar-refractivity contribution in [3.63, 3.8) is 0 Å². The first-order valence-corrected chi connectivity index (χ1v) is 18.5. The second-order valence-corrected chi connectivity index (χ2v) is 13.3. The topological polar surface area (TPSA) is 104 Å². The first kappa shape index (κ1) is 39.1. The van der Waals surface area contributed by atoms with Crippen LogP contribution < -0.4 is 5.32 Å². The lowest BCUT2D eigenvalue weighted by molar-refractivity contribution is -0.122. The number of rotatable bonds is 30. The molecule has 238 valence electrons. The molecular weight excluding hydrogens is 522 g/mol. The molecule has 0 aliphatic rings. The minimum atomic E-state index is -4.30. The average molecular weight is 588 g/mol. The van der Waals surface area contributed by atoms with Crippen molar-refractivity contribution < 1.29 is 22.9 Å². The summed E-state index contributed by atoms with van der Waals surface area (Å²) in [4.78, 5) is 12.4. The largest absolute Gasteiger partial charge is 0.391 e. The van der Waals surface area contributed by atoms with E-state index in [9.17, 15) is 22.9 Å². The Morgan fingerprint density at radius 2 is 1.07 bits per heavy atom. The molecule has 0 rings (SSSR count). The predicted octanol–water partition coefficient (Wildman–Crippen LogP) is 9.07. The van der Waals surface area contributed by atoms with E-state index in [1.165, 1.54) is 89.9 Å². The van der Waals surface area contributed by atoms with Crippen LogP contribution in [0.4, 0.5) is 0 Å². The van der Waals surface area contributed by atoms with Crippen LogP contribution in [0.5, 0.6) is 0 Å². The fraction of sp³-hybridized carbons (Fsp3) is 0.909. The van der Waals surface area contributed by atoms with Gasteiger partial charge in [-0.3, -0.25) is 9.35 Å². The van der Waals surface area contributed by atoms with Gasteiger partial charge in [-0.15, -0.1) is 0 Å². The van der Waals surface area contributed by atoms with Crippen LogP contribution in [-0.2, 0) is 14.9 Å². The fourth-order valence-electron chi connectivity index (χ4n) is 5.14. The highest BCUT2D eigenvalue weighted by Gasteiger charge is 2.26. The standard InChI is InChI=1S/C33H65NO5S/c1-3-5-7-9-11-13-15-16-17-19-20-22-24-26-28-32(35)31(30-40(37,38)39)34-33(36)29-27-25-23-21-18-14-12-10-8-6-4-2/h10,12,31-32,35H,3-9,11,13-30H2,1-2H3,(H,34,36)(H,37,38,39)/b12-10-. The molecule has 0 aliphatic carbocycles. The Morgan fingerprint density at radius 1 is 0.650 bits per heavy atom. The molecule has 0 aromatic rings. The molecule has 6 nitrogen and oxygen atoms in total. The number of hydrogen-bond acceptors (Lipinski definition) is 4. The summed E-state index contributed by atoms with van der Waals surface area (Å²) in [7, 11) is -4.30. The van der Waals surface area contributed by atoms with Crippen molar-refractivity contribution in [3.8, 4) is 0 Å². The van der Waals surface area contributed by atoms with Crippen LogP contribution in [0.25, 0.3) is 0 Å². The molecule has 0 saturated heterocycles. The molecule has 0 aromatic heterocycles. The Labute approximate surface area is 248 Å². The van der Waals surface area contributed by atoms with E-state index >= 15 is 0 Å². The van der Waals surface area contributed by atoms with Gasteiger partial charge in [-0.25, -0.2) is 0 Å². The van der Waals surface area contributed by atoms with Crippen LogP contribution in [0.2, 0.25) is 0 Å². The van der Waals surface area contributed by atoms with Crippen LogP contribution >= 0.6 is 0 Å². The van der Waals surface area contributed by atoms with Gasteiger partial charge >= 0.3 is 0 Å². The molecule has 7 heteroatoms. The SMILES string of the molecule is CCCC/C=C\CCCCCCCC(=O)NC(CS(=O)(=O)O)C(O)CCCCCCCCCCCCCCCC. The second kappa shape index (κ2) is 28.2. The van der Waals surface area contributed by atoms with Gasteiger partial charge in [0.25, 0.3) is 10.1 Å². The molecule has 0 bridgehead atoms. The fourth-order valence-corrected chi connectivity index (χ4v) is 5.90. The van der Waals surface area contributed by atoms with Gasteiger partial charge < -0.3 is 10.4 Å². The molecular formula is C33H65NO5S. The molecule has 0 aliphatic heterocycles. The first-order valence-electron chi connectivity index (χ1n) is 16.9. The van der Waals surface area contributed by atoms with E-state index in [0.29, 0.717) is 12.8 Å². The van der Waals surface area contributed by atoms with Crippen molar-refractivity contribution in [2.45, 2.75) is 187 Å². The molecule has 3 N–H and O–H groups in total. The van der Waals surface area contributed by atoms with E-state index in [2.05, 4.69) is 31.3 Å². The zero-order valence-electron chi connectivity index (χ0n) is 26.2. The van der Waals surface area contributed by atoms with Crippen molar-refractivity contribution >= 4 is 16.0 Å². The minimum absolute atomic E-state index is 0.257. The summed E-state index contributed by atoms with van der Waals surface area (Å²) in [5.41, 5.74) is 0. The third kappa shape index (κ3) is 28.6. The maximum atomic E-state index is 12.4. The maximum absolute atomic E-state index is 12.4. The van der Waals surface area contributed by atoms with Crippen molar-refractivity contribution in [2.24, 2.45) is 0 Å². The normalized spacial score (nSPS) is 13.6. The number of nitrogens with one attached hydrogen (secondary N) is 1. The van der Waals surface area contributed by atoms with E-state index < -0.39 is 28.0 Å². The summed E-state index contributed by atoms with van der Waals surface area (Å²) < 4.78 is 32.3. The quantitative estimate of drug-likeness (QED) is 0.0442. The van der Waals surface area contributed by atoms with Crippen molar-refractivity contribution in [1.82, 2.24) is 5.32 Å². The molecule has 0 spiro atoms. The van der Waals surface area contributed by atoms with Crippen LogP contribution in [0.15, 0.2) is 12.2 Å². The molecule has 2 atom stereocenters. The maximum Gasteiger partial charge on any atom is 0.266 e. The van der Waals surface area contributed by atoms with Gasteiger partial charge in [-0.2, -0.15) is 8.42 Å². The van der Waals surface area contributed by atoms with Gasteiger partial charge in [0.05, 0.1) is 17.9 Å². The van der Waals surface area contributed by atoms with E-state index in [1.807, 2.05) is 0 Å². The molecule has 0 radical (unpaired) electrons. The van der Waals surface area contributed by atoms with E-state index in [1.54, 1.807) is 0 Å². The summed E-state index contributed by atoms with van der Waals surface area (Å²) in [6.45, 7) is 4.45. The Morgan fingerprint density at radius 3 is 1.57 bits per heavy atom. The lowest BCUT2D eigenvalue weighted by Gasteiger charge is -2.23. The number of carbonyl (C=O) groups excluding carboxylic acids is 1. The number of unbranched alkanes of at least 4 members (excludes halogenated alkanes) is 20. The summed E-state index contributed by atoms with van der Waals surface area (Å²) >= 11 is 0. The van der Waals surface area contributed by atoms with Crippen LogP contribution in [0.1, 0.15) is 174 Å². The van der Waals surface area contributed by atoms with E-state index in [4.69, 9.17) is 0 Å². The molecule has 0 aromatic carbocycles. The Kier molecular flexibility index (Phi) is 27.6. The summed E-state index contributed by atoms with van der Waals surface area (Å²) in [5, 5.41) is 13.2. The number of amides is 1. The number of allylic oxidation sites excluding steroid dienone is 2. The Bertz CT molecular complexity index is 695. The molecule has 0 fully saturated rings. The smallest absolute Gasteiger partial charge is 0.266 e. The van der Waals surface area contributed by atoms with Gasteiger partial charge in [0, 0.05) is 6.42 Å². The van der Waals surface area contributed by atoms with Gasteiger partial charge in [0.2, 0.25) is 5.91 Å². The number of aliphatic hydroxyl groups excluding tert-OH is 1. The van der Waals surface area contributed by atoms with Crippen LogP contribution in [0.3, 0.4) is 0 Å². The highest BCUT2D eigenvalue weighted by atomic mass is 32.2. The van der Waals surface area contributed by atoms with Gasteiger partial charge in [0.15, 0.2) is 0 Å². The van der Waals surface area contributed by atoms with Gasteiger partial charge in [0.1, 0.15) is 0 Å². The Hall–Kier alpha value is -0.920. The average Bonchev–Trinajstić information content (AvgIpc) is 2.90. The Balaban J connectivity index is 3.96. The zero-order chi connectivity index (χ0) is 29.7. The minimum Gasteiger partial charge on any atom is -0.391 e. The highest BCUT2D eigenvalue weighted by Crippen LogP contribution is 2.15. The molecule has 0 heterocycles. The van der Waals surface area contributed by atoms with E-state index in [-0.39, 0.29) is 5.91 Å². The van der Waals surface area contributed by atoms with Gasteiger partial charge in [-0.1, -0.05) is 148 Å². The van der Waals surface area contributed by atoms with Crippen molar-refractivity contribution in [3.05, 3.63) is 12.2 Å². The summed E-state index contributed by atoms with van der Waals surface area (Å²) in [5.74, 6) is -0.905. The molecule has 0 saturated carbocycles. The summed E-state index contributed by atoms with van der Waals surface area (Å²) in [6, 6.07) is -0.969. The zero-order valence-corrected chi connectivity index (χ0v) is 27.0. The third-order valence-corrected chi connectivity index (χ3v) is 8.50.